The first-order valence-corrected chi connectivity index (χ1v) is 11.8. The average Bonchev–Trinajstić information content (AvgIpc) is 3.55. The van der Waals surface area contributed by atoms with E-state index in [2.05, 4.69) is 27.0 Å². The SMILES string of the molecule is COc1cccc(-c2cnc(N)nc2C2CCCN2C(=O)C2(c3ccccc3)CCCC2)c1. The average molecular weight is 443 g/mol. The molecule has 1 amide bonds. The highest BCUT2D eigenvalue weighted by Gasteiger charge is 2.47. The molecule has 33 heavy (non-hydrogen) atoms. The third kappa shape index (κ3) is 3.84. The topological polar surface area (TPSA) is 81.3 Å². The summed E-state index contributed by atoms with van der Waals surface area (Å²) in [5, 5.41) is 0. The van der Waals surface area contributed by atoms with Crippen molar-refractivity contribution in [3.05, 3.63) is 72.1 Å². The fraction of sp³-hybridized carbons (Fsp3) is 0.370. The number of rotatable bonds is 5. The van der Waals surface area contributed by atoms with Gasteiger partial charge in [0.05, 0.1) is 24.3 Å². The minimum atomic E-state index is -0.446. The van der Waals surface area contributed by atoms with Gasteiger partial charge in [-0.15, -0.1) is 0 Å². The zero-order chi connectivity index (χ0) is 22.8. The van der Waals surface area contributed by atoms with Crippen LogP contribution in [-0.4, -0.2) is 34.4 Å². The number of likely N-dealkylation sites (tertiary alicyclic amines) is 1. The molecule has 2 fully saturated rings. The zero-order valence-electron chi connectivity index (χ0n) is 19.0. The van der Waals surface area contributed by atoms with E-state index in [0.29, 0.717) is 0 Å². The van der Waals surface area contributed by atoms with Gasteiger partial charge in [0, 0.05) is 18.3 Å². The fourth-order valence-corrected chi connectivity index (χ4v) is 5.61. The molecule has 1 saturated carbocycles. The molecular weight excluding hydrogens is 412 g/mol. The number of carbonyl (C=O) groups is 1. The van der Waals surface area contributed by atoms with Crippen LogP contribution in [0.2, 0.25) is 0 Å². The van der Waals surface area contributed by atoms with E-state index >= 15 is 0 Å². The summed E-state index contributed by atoms with van der Waals surface area (Å²) in [4.78, 5) is 25.2. The molecule has 2 aromatic carbocycles. The van der Waals surface area contributed by atoms with Crippen molar-refractivity contribution in [1.29, 1.82) is 0 Å². The van der Waals surface area contributed by atoms with Gasteiger partial charge in [-0.2, -0.15) is 0 Å². The van der Waals surface area contributed by atoms with E-state index in [0.717, 1.165) is 73.2 Å². The third-order valence-corrected chi connectivity index (χ3v) is 7.24. The monoisotopic (exact) mass is 442 g/mol. The molecule has 3 aromatic rings. The molecule has 170 valence electrons. The van der Waals surface area contributed by atoms with Crippen LogP contribution in [0.15, 0.2) is 60.8 Å². The van der Waals surface area contributed by atoms with E-state index in [1.165, 1.54) is 0 Å². The second-order valence-corrected chi connectivity index (χ2v) is 9.07. The summed E-state index contributed by atoms with van der Waals surface area (Å²) in [5.74, 6) is 1.22. The van der Waals surface area contributed by atoms with Crippen molar-refractivity contribution >= 4 is 11.9 Å². The summed E-state index contributed by atoms with van der Waals surface area (Å²) in [6.45, 7) is 0.736. The standard InChI is InChI=1S/C27H30N4O2/c1-33-21-12-7-9-19(17-21)22-18-29-26(28)30-24(22)23-13-8-16-31(23)25(32)27(14-5-6-15-27)20-10-3-2-4-11-20/h2-4,7,9-12,17-18,23H,5-6,8,13-16H2,1H3,(H2,28,29,30). The third-order valence-electron chi connectivity index (χ3n) is 7.24. The van der Waals surface area contributed by atoms with E-state index in [4.69, 9.17) is 10.5 Å². The van der Waals surface area contributed by atoms with Crippen LogP contribution in [0.3, 0.4) is 0 Å². The molecule has 1 aliphatic carbocycles. The van der Waals surface area contributed by atoms with Crippen LogP contribution in [0.4, 0.5) is 5.95 Å². The van der Waals surface area contributed by atoms with Crippen molar-refractivity contribution in [2.24, 2.45) is 0 Å². The Hall–Kier alpha value is -3.41. The van der Waals surface area contributed by atoms with Crippen LogP contribution >= 0.6 is 0 Å². The quantitative estimate of drug-likeness (QED) is 0.607. The molecule has 0 bridgehead atoms. The number of carbonyl (C=O) groups excluding carboxylic acids is 1. The molecular formula is C27H30N4O2. The van der Waals surface area contributed by atoms with Gasteiger partial charge in [0.15, 0.2) is 0 Å². The number of hydrogen-bond donors (Lipinski definition) is 1. The lowest BCUT2D eigenvalue weighted by atomic mass is 9.77. The molecule has 6 nitrogen and oxygen atoms in total. The Bertz CT molecular complexity index is 1140. The summed E-state index contributed by atoms with van der Waals surface area (Å²) in [5.41, 5.74) is 9.41. The Morgan fingerprint density at radius 3 is 2.64 bits per heavy atom. The minimum absolute atomic E-state index is 0.120. The van der Waals surface area contributed by atoms with Gasteiger partial charge in [0.2, 0.25) is 11.9 Å². The Balaban J connectivity index is 1.55. The second-order valence-electron chi connectivity index (χ2n) is 9.07. The summed E-state index contributed by atoms with van der Waals surface area (Å²) in [6.07, 6.45) is 7.54. The van der Waals surface area contributed by atoms with Crippen LogP contribution in [0.1, 0.15) is 55.8 Å². The molecule has 1 aliphatic heterocycles. The number of amides is 1. The molecule has 2 N–H and O–H groups in total. The Morgan fingerprint density at radius 1 is 1.09 bits per heavy atom. The number of nitrogen functional groups attached to an aromatic ring is 1. The largest absolute Gasteiger partial charge is 0.497 e. The predicted molar refractivity (Wildman–Crippen MR) is 129 cm³/mol. The second kappa shape index (κ2) is 8.85. The number of anilines is 1. The Kier molecular flexibility index (Phi) is 5.75. The predicted octanol–water partition coefficient (Wildman–Crippen LogP) is 4.91. The number of ether oxygens (including phenoxy) is 1. The van der Waals surface area contributed by atoms with Gasteiger partial charge in [0.25, 0.3) is 0 Å². The summed E-state index contributed by atoms with van der Waals surface area (Å²) in [7, 11) is 1.65. The highest BCUT2D eigenvalue weighted by molar-refractivity contribution is 5.89. The van der Waals surface area contributed by atoms with Gasteiger partial charge in [-0.25, -0.2) is 9.97 Å². The summed E-state index contributed by atoms with van der Waals surface area (Å²) in [6, 6.07) is 18.0. The van der Waals surface area contributed by atoms with Crippen LogP contribution in [0.25, 0.3) is 11.1 Å². The summed E-state index contributed by atoms with van der Waals surface area (Å²) < 4.78 is 5.42. The molecule has 5 rings (SSSR count). The smallest absolute Gasteiger partial charge is 0.233 e. The maximum absolute atomic E-state index is 14.2. The first-order chi connectivity index (χ1) is 16.1. The lowest BCUT2D eigenvalue weighted by molar-refractivity contribution is -0.138. The zero-order valence-corrected chi connectivity index (χ0v) is 19.0. The van der Waals surface area contributed by atoms with E-state index in [9.17, 15) is 4.79 Å². The maximum Gasteiger partial charge on any atom is 0.233 e. The first-order valence-electron chi connectivity index (χ1n) is 11.8. The lowest BCUT2D eigenvalue weighted by Crippen LogP contribution is -2.45. The van der Waals surface area contributed by atoms with Crippen molar-refractivity contribution in [3.8, 4) is 16.9 Å². The van der Waals surface area contributed by atoms with Crippen molar-refractivity contribution in [2.45, 2.75) is 50.0 Å². The van der Waals surface area contributed by atoms with Gasteiger partial charge in [0.1, 0.15) is 5.75 Å². The highest BCUT2D eigenvalue weighted by atomic mass is 16.5. The number of benzene rings is 2. The van der Waals surface area contributed by atoms with Crippen molar-refractivity contribution in [2.75, 3.05) is 19.4 Å². The highest BCUT2D eigenvalue weighted by Crippen LogP contribution is 2.46. The summed E-state index contributed by atoms with van der Waals surface area (Å²) >= 11 is 0. The van der Waals surface area contributed by atoms with Crippen molar-refractivity contribution in [3.63, 3.8) is 0 Å². The molecule has 1 atom stereocenters. The van der Waals surface area contributed by atoms with Crippen molar-refractivity contribution < 1.29 is 9.53 Å². The van der Waals surface area contributed by atoms with Gasteiger partial charge in [-0.1, -0.05) is 55.3 Å². The maximum atomic E-state index is 14.2. The molecule has 2 heterocycles. The minimum Gasteiger partial charge on any atom is -0.497 e. The molecule has 1 aromatic heterocycles. The van der Waals surface area contributed by atoms with Gasteiger partial charge < -0.3 is 15.4 Å². The number of aromatic nitrogens is 2. The number of hydrogen-bond acceptors (Lipinski definition) is 5. The number of nitrogens with two attached hydrogens (primary N) is 1. The number of nitrogens with zero attached hydrogens (tertiary/aromatic N) is 3. The Morgan fingerprint density at radius 2 is 1.88 bits per heavy atom. The van der Waals surface area contributed by atoms with Gasteiger partial charge in [-0.3, -0.25) is 4.79 Å². The van der Waals surface area contributed by atoms with Gasteiger partial charge in [-0.05, 0) is 48.9 Å². The molecule has 2 aliphatic rings. The van der Waals surface area contributed by atoms with Gasteiger partial charge >= 0.3 is 0 Å². The van der Waals surface area contributed by atoms with E-state index in [1.54, 1.807) is 13.3 Å². The molecule has 0 spiro atoms. The van der Waals surface area contributed by atoms with Crippen LogP contribution < -0.4 is 10.5 Å². The fourth-order valence-electron chi connectivity index (χ4n) is 5.61. The van der Waals surface area contributed by atoms with Crippen LogP contribution in [0, 0.1) is 0 Å². The molecule has 0 radical (unpaired) electrons. The normalized spacial score (nSPS) is 19.5. The van der Waals surface area contributed by atoms with Crippen LogP contribution in [-0.2, 0) is 10.2 Å². The lowest BCUT2D eigenvalue weighted by Gasteiger charge is -2.36. The first kappa shape index (κ1) is 21.4. The van der Waals surface area contributed by atoms with Crippen LogP contribution in [0.5, 0.6) is 5.75 Å². The van der Waals surface area contributed by atoms with E-state index in [1.807, 2.05) is 42.5 Å². The number of methoxy groups -OCH3 is 1. The molecule has 1 saturated heterocycles. The Labute approximate surface area is 194 Å². The van der Waals surface area contributed by atoms with E-state index in [-0.39, 0.29) is 17.9 Å². The molecule has 6 heteroatoms. The van der Waals surface area contributed by atoms with Crippen molar-refractivity contribution in [1.82, 2.24) is 14.9 Å². The molecule has 1 unspecified atom stereocenters. The van der Waals surface area contributed by atoms with E-state index < -0.39 is 5.41 Å².